The molecule has 2 amide bonds. The second-order valence-corrected chi connectivity index (χ2v) is 8.52. The Labute approximate surface area is 183 Å². The van der Waals surface area contributed by atoms with Gasteiger partial charge >= 0.3 is 0 Å². The molecule has 168 valence electrons. The molecule has 1 aromatic carbocycles. The molecular weight excluding hydrogens is 374 g/mol. The molecule has 2 rings (SSSR count). The van der Waals surface area contributed by atoms with Crippen LogP contribution in [0.4, 0.5) is 0 Å². The highest BCUT2D eigenvalue weighted by molar-refractivity contribution is 5.79. The van der Waals surface area contributed by atoms with Gasteiger partial charge < -0.3 is 10.2 Å². The van der Waals surface area contributed by atoms with Crippen molar-refractivity contribution >= 4 is 11.8 Å². The standard InChI is InChI=1S/C25H41N3O2/c1-3-15-28(16-4-2)25(30)14-10-13-24(29)26-20-22-11-9-12-23(19-22)21-27-17-7-5-6-8-18-27/h9,11-12,19H,3-8,10,13-18,20-21H2,1-2H3,(H,26,29). The van der Waals surface area contributed by atoms with E-state index < -0.39 is 0 Å². The van der Waals surface area contributed by atoms with Gasteiger partial charge in [-0.3, -0.25) is 14.5 Å². The molecule has 0 unspecified atom stereocenters. The highest BCUT2D eigenvalue weighted by atomic mass is 16.2. The molecule has 0 bridgehead atoms. The van der Waals surface area contributed by atoms with Crippen LogP contribution in [0.15, 0.2) is 24.3 Å². The van der Waals surface area contributed by atoms with E-state index in [9.17, 15) is 9.59 Å². The zero-order chi connectivity index (χ0) is 21.6. The van der Waals surface area contributed by atoms with E-state index in [0.29, 0.717) is 25.8 Å². The van der Waals surface area contributed by atoms with Crippen LogP contribution >= 0.6 is 0 Å². The Bertz CT molecular complexity index is 633. The van der Waals surface area contributed by atoms with Crippen molar-refractivity contribution in [1.29, 1.82) is 0 Å². The third-order valence-corrected chi connectivity index (χ3v) is 5.72. The van der Waals surface area contributed by atoms with Crippen molar-refractivity contribution in [3.63, 3.8) is 0 Å². The molecule has 1 heterocycles. The van der Waals surface area contributed by atoms with Gasteiger partial charge in [-0.25, -0.2) is 0 Å². The quantitative estimate of drug-likeness (QED) is 0.547. The fourth-order valence-electron chi connectivity index (χ4n) is 4.14. The van der Waals surface area contributed by atoms with Gasteiger partial charge in [-0.1, -0.05) is 51.0 Å². The Balaban J connectivity index is 1.70. The normalized spacial score (nSPS) is 14.9. The van der Waals surface area contributed by atoms with Crippen LogP contribution in [-0.4, -0.2) is 47.8 Å². The minimum Gasteiger partial charge on any atom is -0.352 e. The van der Waals surface area contributed by atoms with Crippen molar-refractivity contribution in [2.45, 2.75) is 84.7 Å². The van der Waals surface area contributed by atoms with E-state index in [1.807, 2.05) is 4.90 Å². The van der Waals surface area contributed by atoms with Crippen molar-refractivity contribution in [3.8, 4) is 0 Å². The highest BCUT2D eigenvalue weighted by Crippen LogP contribution is 2.14. The fourth-order valence-corrected chi connectivity index (χ4v) is 4.14. The van der Waals surface area contributed by atoms with Crippen LogP contribution in [-0.2, 0) is 22.7 Å². The molecule has 1 saturated heterocycles. The Morgan fingerprint density at radius 1 is 0.967 bits per heavy atom. The van der Waals surface area contributed by atoms with Crippen LogP contribution in [0.3, 0.4) is 0 Å². The van der Waals surface area contributed by atoms with Gasteiger partial charge in [-0.05, 0) is 56.3 Å². The number of nitrogens with zero attached hydrogens (tertiary/aromatic N) is 2. The van der Waals surface area contributed by atoms with Gasteiger partial charge in [-0.2, -0.15) is 0 Å². The molecule has 30 heavy (non-hydrogen) atoms. The van der Waals surface area contributed by atoms with Gasteiger partial charge in [0.15, 0.2) is 0 Å². The number of amides is 2. The maximum Gasteiger partial charge on any atom is 0.222 e. The molecule has 0 spiro atoms. The summed E-state index contributed by atoms with van der Waals surface area (Å²) in [5.74, 6) is 0.200. The third kappa shape index (κ3) is 9.29. The molecule has 0 radical (unpaired) electrons. The maximum atomic E-state index is 12.3. The Morgan fingerprint density at radius 3 is 2.30 bits per heavy atom. The molecular formula is C25H41N3O2. The zero-order valence-corrected chi connectivity index (χ0v) is 19.1. The van der Waals surface area contributed by atoms with Gasteiger partial charge in [0, 0.05) is 39.0 Å². The first-order valence-corrected chi connectivity index (χ1v) is 12.0. The number of rotatable bonds is 12. The molecule has 5 heteroatoms. The predicted octanol–water partition coefficient (Wildman–Crippen LogP) is 4.50. The molecule has 5 nitrogen and oxygen atoms in total. The van der Waals surface area contributed by atoms with Crippen molar-refractivity contribution in [1.82, 2.24) is 15.1 Å². The summed E-state index contributed by atoms with van der Waals surface area (Å²) in [5.41, 5.74) is 2.46. The van der Waals surface area contributed by atoms with Crippen molar-refractivity contribution in [3.05, 3.63) is 35.4 Å². The van der Waals surface area contributed by atoms with E-state index in [1.165, 1.54) is 44.3 Å². The van der Waals surface area contributed by atoms with Crippen LogP contribution in [0, 0.1) is 0 Å². The lowest BCUT2D eigenvalue weighted by molar-refractivity contribution is -0.131. The van der Waals surface area contributed by atoms with Crippen molar-refractivity contribution in [2.75, 3.05) is 26.2 Å². The summed E-state index contributed by atoms with van der Waals surface area (Å²) in [7, 11) is 0. The average Bonchev–Trinajstić information content (AvgIpc) is 3.01. The fraction of sp³-hybridized carbons (Fsp3) is 0.680. The Hall–Kier alpha value is -1.88. The summed E-state index contributed by atoms with van der Waals surface area (Å²) < 4.78 is 0. The molecule has 0 atom stereocenters. The summed E-state index contributed by atoms with van der Waals surface area (Å²) in [5, 5.41) is 3.02. The van der Waals surface area contributed by atoms with E-state index in [-0.39, 0.29) is 11.8 Å². The lowest BCUT2D eigenvalue weighted by atomic mass is 10.1. The molecule has 1 aromatic rings. The summed E-state index contributed by atoms with van der Waals surface area (Å²) in [4.78, 5) is 29.0. The predicted molar refractivity (Wildman–Crippen MR) is 123 cm³/mol. The smallest absolute Gasteiger partial charge is 0.222 e. The first-order chi connectivity index (χ1) is 14.6. The number of carbonyl (C=O) groups excluding carboxylic acids is 2. The number of hydrogen-bond acceptors (Lipinski definition) is 3. The molecule has 0 aromatic heterocycles. The monoisotopic (exact) mass is 415 g/mol. The zero-order valence-electron chi connectivity index (χ0n) is 19.1. The topological polar surface area (TPSA) is 52.7 Å². The Kier molecular flexibility index (Phi) is 11.5. The Morgan fingerprint density at radius 2 is 1.63 bits per heavy atom. The first kappa shape index (κ1) is 24.4. The summed E-state index contributed by atoms with van der Waals surface area (Å²) in [6, 6.07) is 8.55. The minimum absolute atomic E-state index is 0.0262. The van der Waals surface area contributed by atoms with E-state index in [1.54, 1.807) is 0 Å². The van der Waals surface area contributed by atoms with Gasteiger partial charge in [0.05, 0.1) is 0 Å². The van der Waals surface area contributed by atoms with Crippen molar-refractivity contribution < 1.29 is 9.59 Å². The van der Waals surface area contributed by atoms with Gasteiger partial charge in [-0.15, -0.1) is 0 Å². The largest absolute Gasteiger partial charge is 0.352 e. The lowest BCUT2D eigenvalue weighted by Crippen LogP contribution is -2.32. The van der Waals surface area contributed by atoms with E-state index in [4.69, 9.17) is 0 Å². The second-order valence-electron chi connectivity index (χ2n) is 8.52. The number of benzene rings is 1. The van der Waals surface area contributed by atoms with Gasteiger partial charge in [0.25, 0.3) is 0 Å². The summed E-state index contributed by atoms with van der Waals surface area (Å²) in [6.45, 7) is 9.73. The average molecular weight is 416 g/mol. The van der Waals surface area contributed by atoms with Crippen LogP contribution in [0.1, 0.15) is 82.8 Å². The minimum atomic E-state index is 0.0262. The number of nitrogens with one attached hydrogen (secondary N) is 1. The van der Waals surface area contributed by atoms with E-state index in [2.05, 4.69) is 48.3 Å². The third-order valence-electron chi connectivity index (χ3n) is 5.72. The summed E-state index contributed by atoms with van der Waals surface area (Å²) in [6.07, 6.45) is 8.73. The molecule has 1 N–H and O–H groups in total. The van der Waals surface area contributed by atoms with Crippen LogP contribution in [0.25, 0.3) is 0 Å². The van der Waals surface area contributed by atoms with Crippen LogP contribution in [0.5, 0.6) is 0 Å². The lowest BCUT2D eigenvalue weighted by Gasteiger charge is -2.21. The van der Waals surface area contributed by atoms with Gasteiger partial charge in [0.2, 0.25) is 11.8 Å². The van der Waals surface area contributed by atoms with E-state index >= 15 is 0 Å². The van der Waals surface area contributed by atoms with E-state index in [0.717, 1.165) is 38.0 Å². The SMILES string of the molecule is CCCN(CCC)C(=O)CCCC(=O)NCc1cccc(CN2CCCCCC2)c1. The maximum absolute atomic E-state index is 12.3. The molecule has 1 fully saturated rings. The molecule has 0 saturated carbocycles. The molecule has 0 aliphatic carbocycles. The number of hydrogen-bond donors (Lipinski definition) is 1. The summed E-state index contributed by atoms with van der Waals surface area (Å²) >= 11 is 0. The van der Waals surface area contributed by atoms with Gasteiger partial charge in [0.1, 0.15) is 0 Å². The van der Waals surface area contributed by atoms with Crippen LogP contribution in [0.2, 0.25) is 0 Å². The molecule has 1 aliphatic rings. The van der Waals surface area contributed by atoms with Crippen LogP contribution < -0.4 is 5.32 Å². The van der Waals surface area contributed by atoms with Crippen molar-refractivity contribution in [2.24, 2.45) is 0 Å². The number of carbonyl (C=O) groups is 2. The molecule has 1 aliphatic heterocycles. The highest BCUT2D eigenvalue weighted by Gasteiger charge is 2.13. The first-order valence-electron chi connectivity index (χ1n) is 12.0. The second kappa shape index (κ2) is 14.2. The number of likely N-dealkylation sites (tertiary alicyclic amines) is 1.